The summed E-state index contributed by atoms with van der Waals surface area (Å²) in [7, 11) is -3.80. The lowest BCUT2D eigenvalue weighted by Crippen LogP contribution is -2.41. The Morgan fingerprint density at radius 2 is 2.05 bits per heavy atom. The van der Waals surface area contributed by atoms with Crippen molar-refractivity contribution in [2.45, 2.75) is 4.90 Å². The number of rotatable bonds is 6. The minimum absolute atomic E-state index is 0.165. The number of sulfonamides is 1. The minimum atomic E-state index is -3.80. The molecule has 0 aromatic heterocycles. The Labute approximate surface area is 133 Å². The number of nitro groups is 1. The van der Waals surface area contributed by atoms with Crippen molar-refractivity contribution in [1.29, 1.82) is 0 Å². The van der Waals surface area contributed by atoms with Crippen molar-refractivity contribution >= 4 is 27.3 Å². The highest BCUT2D eigenvalue weighted by Crippen LogP contribution is 2.25. The number of nitrogens with zero attached hydrogens (tertiary/aromatic N) is 2. The van der Waals surface area contributed by atoms with Gasteiger partial charge in [0.2, 0.25) is 10.0 Å². The molecule has 122 valence electrons. The highest BCUT2D eigenvalue weighted by Gasteiger charge is 2.20. The van der Waals surface area contributed by atoms with Gasteiger partial charge < -0.3 is 4.74 Å². The van der Waals surface area contributed by atoms with E-state index in [-0.39, 0.29) is 22.2 Å². The summed E-state index contributed by atoms with van der Waals surface area (Å²) in [6, 6.07) is 3.28. The van der Waals surface area contributed by atoms with E-state index in [4.69, 9.17) is 16.3 Å². The Balaban J connectivity index is 1.99. The Hall–Kier alpha value is -1.26. The molecular weight excluding hydrogens is 334 g/mol. The van der Waals surface area contributed by atoms with Gasteiger partial charge in [-0.1, -0.05) is 11.6 Å². The van der Waals surface area contributed by atoms with Crippen LogP contribution >= 0.6 is 11.6 Å². The summed E-state index contributed by atoms with van der Waals surface area (Å²) in [5, 5.41) is 10.5. The smallest absolute Gasteiger partial charge is 0.271 e. The number of morpholine rings is 1. The van der Waals surface area contributed by atoms with Crippen LogP contribution in [0, 0.1) is 10.1 Å². The number of nitrogens with one attached hydrogen (secondary N) is 1. The molecule has 0 atom stereocenters. The maximum Gasteiger partial charge on any atom is 0.271 e. The molecule has 0 bridgehead atoms. The molecule has 1 aliphatic heterocycles. The molecule has 0 saturated carbocycles. The second-order valence-corrected chi connectivity index (χ2v) is 6.87. The second-order valence-electron chi connectivity index (χ2n) is 4.72. The predicted molar refractivity (Wildman–Crippen MR) is 80.6 cm³/mol. The number of ether oxygens (including phenoxy) is 1. The van der Waals surface area contributed by atoms with Crippen LogP contribution in [0.15, 0.2) is 23.1 Å². The third-order valence-corrected chi connectivity index (χ3v) is 5.18. The van der Waals surface area contributed by atoms with Gasteiger partial charge in [-0.05, 0) is 6.07 Å². The fourth-order valence-electron chi connectivity index (χ4n) is 2.06. The highest BCUT2D eigenvalue weighted by molar-refractivity contribution is 7.89. The first-order chi connectivity index (χ1) is 10.4. The monoisotopic (exact) mass is 349 g/mol. The van der Waals surface area contributed by atoms with Crippen LogP contribution in [0.5, 0.6) is 0 Å². The maximum absolute atomic E-state index is 12.2. The molecule has 2 rings (SSSR count). The van der Waals surface area contributed by atoms with E-state index in [0.29, 0.717) is 19.8 Å². The van der Waals surface area contributed by atoms with Crippen LogP contribution < -0.4 is 4.72 Å². The van der Waals surface area contributed by atoms with Gasteiger partial charge in [-0.3, -0.25) is 15.0 Å². The van der Waals surface area contributed by atoms with Crippen LogP contribution in [0.3, 0.4) is 0 Å². The van der Waals surface area contributed by atoms with E-state index in [9.17, 15) is 18.5 Å². The van der Waals surface area contributed by atoms with Crippen LogP contribution in [0.4, 0.5) is 5.69 Å². The Kier molecular flexibility index (Phi) is 5.70. The average molecular weight is 350 g/mol. The standard InChI is InChI=1S/C12H16ClN3O5S/c13-11-9-10(16(17)18)1-2-12(11)22(19,20)14-3-4-15-5-7-21-8-6-15/h1-2,9,14H,3-8H2. The molecule has 1 saturated heterocycles. The van der Waals surface area contributed by atoms with Gasteiger partial charge in [-0.25, -0.2) is 13.1 Å². The highest BCUT2D eigenvalue weighted by atomic mass is 35.5. The van der Waals surface area contributed by atoms with E-state index in [0.717, 1.165) is 31.3 Å². The van der Waals surface area contributed by atoms with Gasteiger partial charge in [-0.15, -0.1) is 0 Å². The minimum Gasteiger partial charge on any atom is -0.379 e. The summed E-state index contributed by atoms with van der Waals surface area (Å²) in [5.74, 6) is 0. The van der Waals surface area contributed by atoms with Crippen molar-refractivity contribution in [3.63, 3.8) is 0 Å². The SMILES string of the molecule is O=[N+]([O-])c1ccc(S(=O)(=O)NCCN2CCOCC2)c(Cl)c1. The van der Waals surface area contributed by atoms with Crippen LogP contribution in [0.25, 0.3) is 0 Å². The summed E-state index contributed by atoms with van der Waals surface area (Å²) in [6.45, 7) is 3.60. The number of hydrogen-bond donors (Lipinski definition) is 1. The number of non-ortho nitro benzene ring substituents is 1. The molecule has 8 nitrogen and oxygen atoms in total. The molecule has 1 aliphatic rings. The summed E-state index contributed by atoms with van der Waals surface area (Å²) >= 11 is 5.84. The first kappa shape index (κ1) is 17.1. The molecule has 1 N–H and O–H groups in total. The molecular formula is C12H16ClN3O5S. The van der Waals surface area contributed by atoms with Crippen molar-refractivity contribution in [1.82, 2.24) is 9.62 Å². The van der Waals surface area contributed by atoms with Crippen molar-refractivity contribution in [2.75, 3.05) is 39.4 Å². The third kappa shape index (κ3) is 4.37. The van der Waals surface area contributed by atoms with Crippen LogP contribution in [0.1, 0.15) is 0 Å². The van der Waals surface area contributed by atoms with Gasteiger partial charge >= 0.3 is 0 Å². The van der Waals surface area contributed by atoms with E-state index < -0.39 is 14.9 Å². The number of halogens is 1. The number of hydrogen-bond acceptors (Lipinski definition) is 6. The third-order valence-electron chi connectivity index (χ3n) is 3.24. The molecule has 0 radical (unpaired) electrons. The fraction of sp³-hybridized carbons (Fsp3) is 0.500. The molecule has 0 aliphatic carbocycles. The van der Waals surface area contributed by atoms with Crippen LogP contribution in [0.2, 0.25) is 5.02 Å². The molecule has 10 heteroatoms. The zero-order valence-electron chi connectivity index (χ0n) is 11.7. The van der Waals surface area contributed by atoms with Gasteiger partial charge in [0.15, 0.2) is 0 Å². The fourth-order valence-corrected chi connectivity index (χ4v) is 3.62. The summed E-state index contributed by atoms with van der Waals surface area (Å²) < 4.78 is 32.0. The van der Waals surface area contributed by atoms with Gasteiger partial charge in [-0.2, -0.15) is 0 Å². The largest absolute Gasteiger partial charge is 0.379 e. The van der Waals surface area contributed by atoms with Crippen LogP contribution in [-0.2, 0) is 14.8 Å². The van der Waals surface area contributed by atoms with E-state index >= 15 is 0 Å². The summed E-state index contributed by atoms with van der Waals surface area (Å²) in [4.78, 5) is 11.9. The molecule has 0 spiro atoms. The molecule has 1 heterocycles. The quantitative estimate of drug-likeness (QED) is 0.603. The summed E-state index contributed by atoms with van der Waals surface area (Å²) in [5.41, 5.74) is -0.253. The zero-order valence-corrected chi connectivity index (χ0v) is 13.3. The van der Waals surface area contributed by atoms with Crippen molar-refractivity contribution in [2.24, 2.45) is 0 Å². The number of nitro benzene ring substituents is 1. The number of benzene rings is 1. The van der Waals surface area contributed by atoms with Gasteiger partial charge in [0.1, 0.15) is 4.90 Å². The summed E-state index contributed by atoms with van der Waals surface area (Å²) in [6.07, 6.45) is 0. The molecule has 1 aromatic carbocycles. The first-order valence-corrected chi connectivity index (χ1v) is 8.50. The molecule has 1 aromatic rings. The van der Waals surface area contributed by atoms with E-state index in [2.05, 4.69) is 9.62 Å². The molecule has 0 unspecified atom stereocenters. The van der Waals surface area contributed by atoms with E-state index in [1.807, 2.05) is 0 Å². The molecule has 22 heavy (non-hydrogen) atoms. The molecule has 1 fully saturated rings. The van der Waals surface area contributed by atoms with E-state index in [1.165, 1.54) is 0 Å². The topological polar surface area (TPSA) is 102 Å². The Morgan fingerprint density at radius 3 is 2.64 bits per heavy atom. The van der Waals surface area contributed by atoms with Gasteiger partial charge in [0.25, 0.3) is 5.69 Å². The van der Waals surface area contributed by atoms with Crippen LogP contribution in [-0.4, -0.2) is 57.6 Å². The zero-order chi connectivity index (χ0) is 16.2. The maximum atomic E-state index is 12.2. The van der Waals surface area contributed by atoms with Crippen molar-refractivity contribution in [3.8, 4) is 0 Å². The normalized spacial score (nSPS) is 16.6. The second kappa shape index (κ2) is 7.34. The average Bonchev–Trinajstić information content (AvgIpc) is 2.47. The Bertz CT molecular complexity index is 646. The predicted octanol–water partition coefficient (Wildman–Crippen LogP) is 0.859. The lowest BCUT2D eigenvalue weighted by Gasteiger charge is -2.26. The lowest BCUT2D eigenvalue weighted by molar-refractivity contribution is -0.384. The molecule has 0 amide bonds. The lowest BCUT2D eigenvalue weighted by atomic mass is 10.3. The van der Waals surface area contributed by atoms with Gasteiger partial charge in [0.05, 0.1) is 23.2 Å². The van der Waals surface area contributed by atoms with Crippen molar-refractivity contribution in [3.05, 3.63) is 33.3 Å². The van der Waals surface area contributed by atoms with E-state index in [1.54, 1.807) is 0 Å². The first-order valence-electron chi connectivity index (χ1n) is 6.64. The van der Waals surface area contributed by atoms with Crippen molar-refractivity contribution < 1.29 is 18.1 Å². The van der Waals surface area contributed by atoms with Gasteiger partial charge in [0, 0.05) is 38.3 Å². The Morgan fingerprint density at radius 1 is 1.36 bits per heavy atom.